The quantitative estimate of drug-likeness (QED) is 0.474. The van der Waals surface area contributed by atoms with Crippen molar-refractivity contribution in [3.63, 3.8) is 0 Å². The minimum absolute atomic E-state index is 0.0843. The van der Waals surface area contributed by atoms with Crippen molar-refractivity contribution in [3.8, 4) is 6.07 Å². The Kier molecular flexibility index (Phi) is 4.06. The number of carbonyl (C=O) groups excluding carboxylic acids is 1. The van der Waals surface area contributed by atoms with E-state index >= 15 is 0 Å². The predicted octanol–water partition coefficient (Wildman–Crippen LogP) is 1.65. The molecule has 0 saturated heterocycles. The highest BCUT2D eigenvalue weighted by atomic mass is 16.5. The standard InChI is InChI=1S/C9H13NO2/c1-6(2)9(7(3)5-10)12-8(4)11/h6,9H,3H2,1-2,4H3. The SMILES string of the molecule is C=C(C#N)C(OC(C)=O)C(C)C. The molecule has 1 unspecified atom stereocenters. The predicted molar refractivity (Wildman–Crippen MR) is 45.1 cm³/mol. The van der Waals surface area contributed by atoms with Crippen molar-refractivity contribution in [2.75, 3.05) is 0 Å². The summed E-state index contributed by atoms with van der Waals surface area (Å²) in [5.74, 6) is -0.300. The van der Waals surface area contributed by atoms with Crippen LogP contribution in [0.15, 0.2) is 12.2 Å². The summed E-state index contributed by atoms with van der Waals surface area (Å²) in [4.78, 5) is 10.6. The van der Waals surface area contributed by atoms with Gasteiger partial charge in [-0.25, -0.2) is 0 Å². The molecule has 0 aromatic rings. The average molecular weight is 167 g/mol. The third kappa shape index (κ3) is 3.20. The second-order valence-corrected chi connectivity index (χ2v) is 2.91. The molecule has 0 aliphatic heterocycles. The van der Waals surface area contributed by atoms with Crippen LogP contribution in [-0.2, 0) is 9.53 Å². The summed E-state index contributed by atoms with van der Waals surface area (Å²) in [6.07, 6.45) is -0.479. The summed E-state index contributed by atoms with van der Waals surface area (Å²) in [5.41, 5.74) is 0.292. The second kappa shape index (κ2) is 4.55. The first-order valence-corrected chi connectivity index (χ1v) is 3.75. The van der Waals surface area contributed by atoms with E-state index in [1.807, 2.05) is 19.9 Å². The van der Waals surface area contributed by atoms with Crippen molar-refractivity contribution in [1.29, 1.82) is 5.26 Å². The first-order chi connectivity index (χ1) is 5.49. The van der Waals surface area contributed by atoms with Crippen LogP contribution in [0.2, 0.25) is 0 Å². The van der Waals surface area contributed by atoms with Crippen molar-refractivity contribution < 1.29 is 9.53 Å². The molecular formula is C9H13NO2. The van der Waals surface area contributed by atoms with E-state index < -0.39 is 6.10 Å². The molecule has 0 bridgehead atoms. The Hall–Kier alpha value is -1.30. The Bertz CT molecular complexity index is 225. The Labute approximate surface area is 72.6 Å². The smallest absolute Gasteiger partial charge is 0.303 e. The Morgan fingerprint density at radius 1 is 1.58 bits per heavy atom. The highest BCUT2D eigenvalue weighted by Gasteiger charge is 2.19. The third-order valence-electron chi connectivity index (χ3n) is 1.39. The topological polar surface area (TPSA) is 50.1 Å². The van der Waals surface area contributed by atoms with E-state index in [-0.39, 0.29) is 11.9 Å². The van der Waals surface area contributed by atoms with Gasteiger partial charge in [0.2, 0.25) is 0 Å². The Morgan fingerprint density at radius 3 is 2.33 bits per heavy atom. The van der Waals surface area contributed by atoms with Gasteiger partial charge in [-0.1, -0.05) is 20.4 Å². The summed E-state index contributed by atoms with van der Waals surface area (Å²) >= 11 is 0. The lowest BCUT2D eigenvalue weighted by molar-refractivity contribution is -0.146. The highest BCUT2D eigenvalue weighted by Crippen LogP contribution is 2.14. The molecule has 0 heterocycles. The van der Waals surface area contributed by atoms with E-state index in [9.17, 15) is 4.79 Å². The maximum atomic E-state index is 10.6. The Balaban J connectivity index is 4.36. The number of nitrogens with zero attached hydrogens (tertiary/aromatic N) is 1. The normalized spacial score (nSPS) is 11.9. The molecule has 0 aromatic heterocycles. The Morgan fingerprint density at radius 2 is 2.08 bits per heavy atom. The third-order valence-corrected chi connectivity index (χ3v) is 1.39. The van der Waals surface area contributed by atoms with Crippen molar-refractivity contribution in [1.82, 2.24) is 0 Å². The molecule has 1 atom stereocenters. The van der Waals surface area contributed by atoms with Gasteiger partial charge in [0.1, 0.15) is 6.10 Å². The van der Waals surface area contributed by atoms with Crippen LogP contribution in [0, 0.1) is 17.2 Å². The van der Waals surface area contributed by atoms with Gasteiger partial charge in [0.25, 0.3) is 0 Å². The monoisotopic (exact) mass is 167 g/mol. The molecule has 0 rings (SSSR count). The molecule has 0 radical (unpaired) electrons. The summed E-state index contributed by atoms with van der Waals surface area (Å²) in [5, 5.41) is 8.53. The summed E-state index contributed by atoms with van der Waals surface area (Å²) in [6.45, 7) is 8.57. The molecule has 0 spiro atoms. The van der Waals surface area contributed by atoms with E-state index in [2.05, 4.69) is 6.58 Å². The van der Waals surface area contributed by atoms with Crippen LogP contribution in [0.5, 0.6) is 0 Å². The minimum atomic E-state index is -0.479. The molecule has 0 fully saturated rings. The van der Waals surface area contributed by atoms with Crippen LogP contribution in [0.3, 0.4) is 0 Å². The van der Waals surface area contributed by atoms with Gasteiger partial charge >= 0.3 is 5.97 Å². The molecule has 3 nitrogen and oxygen atoms in total. The van der Waals surface area contributed by atoms with Crippen molar-refractivity contribution in [2.24, 2.45) is 5.92 Å². The molecule has 0 amide bonds. The van der Waals surface area contributed by atoms with Gasteiger partial charge in [0, 0.05) is 6.92 Å². The minimum Gasteiger partial charge on any atom is -0.457 e. The van der Waals surface area contributed by atoms with E-state index in [0.717, 1.165) is 0 Å². The fourth-order valence-corrected chi connectivity index (χ4v) is 0.852. The van der Waals surface area contributed by atoms with E-state index in [4.69, 9.17) is 10.00 Å². The number of hydrogen-bond acceptors (Lipinski definition) is 3. The maximum absolute atomic E-state index is 10.6. The number of nitriles is 1. The summed E-state index contributed by atoms with van der Waals surface area (Å²) < 4.78 is 4.90. The fraction of sp³-hybridized carbons (Fsp3) is 0.556. The zero-order chi connectivity index (χ0) is 9.72. The second-order valence-electron chi connectivity index (χ2n) is 2.91. The van der Waals surface area contributed by atoms with Crippen LogP contribution in [0.4, 0.5) is 0 Å². The lowest BCUT2D eigenvalue weighted by Crippen LogP contribution is -2.23. The zero-order valence-electron chi connectivity index (χ0n) is 7.63. The molecule has 0 N–H and O–H groups in total. The van der Waals surface area contributed by atoms with Crippen LogP contribution in [0.1, 0.15) is 20.8 Å². The fourth-order valence-electron chi connectivity index (χ4n) is 0.852. The van der Waals surface area contributed by atoms with Crippen molar-refractivity contribution in [2.45, 2.75) is 26.9 Å². The lowest BCUT2D eigenvalue weighted by Gasteiger charge is -2.18. The van der Waals surface area contributed by atoms with Gasteiger partial charge in [-0.3, -0.25) is 4.79 Å². The molecule has 3 heteroatoms. The average Bonchev–Trinajstić information content (AvgIpc) is 1.98. The van der Waals surface area contributed by atoms with Gasteiger partial charge in [-0.15, -0.1) is 0 Å². The number of carbonyl (C=O) groups is 1. The number of rotatable bonds is 3. The molecule has 0 saturated carbocycles. The van der Waals surface area contributed by atoms with E-state index in [1.54, 1.807) is 0 Å². The van der Waals surface area contributed by atoms with E-state index in [0.29, 0.717) is 5.57 Å². The molecule has 0 aromatic carbocycles. The first-order valence-electron chi connectivity index (χ1n) is 3.75. The maximum Gasteiger partial charge on any atom is 0.303 e. The zero-order valence-corrected chi connectivity index (χ0v) is 7.63. The molecule has 12 heavy (non-hydrogen) atoms. The van der Waals surface area contributed by atoms with E-state index in [1.165, 1.54) is 6.92 Å². The van der Waals surface area contributed by atoms with Gasteiger partial charge in [-0.05, 0) is 5.92 Å². The number of ether oxygens (including phenoxy) is 1. The van der Waals surface area contributed by atoms with Gasteiger partial charge < -0.3 is 4.74 Å². The lowest BCUT2D eigenvalue weighted by atomic mass is 10.0. The largest absolute Gasteiger partial charge is 0.457 e. The highest BCUT2D eigenvalue weighted by molar-refractivity contribution is 5.66. The molecule has 0 aliphatic carbocycles. The molecule has 0 aliphatic rings. The van der Waals surface area contributed by atoms with Crippen LogP contribution < -0.4 is 0 Å². The van der Waals surface area contributed by atoms with Crippen molar-refractivity contribution in [3.05, 3.63) is 12.2 Å². The van der Waals surface area contributed by atoms with Gasteiger partial charge in [0.15, 0.2) is 0 Å². The summed E-state index contributed by atoms with van der Waals surface area (Å²) in [6, 6.07) is 1.88. The summed E-state index contributed by atoms with van der Waals surface area (Å²) in [7, 11) is 0. The van der Waals surface area contributed by atoms with Crippen LogP contribution in [0.25, 0.3) is 0 Å². The van der Waals surface area contributed by atoms with Gasteiger partial charge in [0.05, 0.1) is 11.6 Å². The molecule has 66 valence electrons. The van der Waals surface area contributed by atoms with Crippen molar-refractivity contribution >= 4 is 5.97 Å². The first kappa shape index (κ1) is 10.7. The van der Waals surface area contributed by atoms with Gasteiger partial charge in [-0.2, -0.15) is 5.26 Å². The van der Waals surface area contributed by atoms with Crippen LogP contribution >= 0.6 is 0 Å². The number of hydrogen-bond donors (Lipinski definition) is 0. The number of esters is 1. The molecular weight excluding hydrogens is 154 g/mol. The van der Waals surface area contributed by atoms with Crippen LogP contribution in [-0.4, -0.2) is 12.1 Å².